The number of nitrogens with zero attached hydrogens (tertiary/aromatic N) is 3. The zero-order valence-corrected chi connectivity index (χ0v) is 23.5. The molecule has 0 aliphatic carbocycles. The average molecular weight is 616 g/mol. The summed E-state index contributed by atoms with van der Waals surface area (Å²) in [5, 5.41) is 0.534. The van der Waals surface area contributed by atoms with Gasteiger partial charge in [0.1, 0.15) is 28.5 Å². The first kappa shape index (κ1) is 27.1. The van der Waals surface area contributed by atoms with Gasteiger partial charge in [-0.3, -0.25) is 14.2 Å². The van der Waals surface area contributed by atoms with E-state index < -0.39 is 17.4 Å². The Balaban J connectivity index is 1.76. The molecule has 2 N–H and O–H groups in total. The number of benzene rings is 2. The van der Waals surface area contributed by atoms with Crippen molar-refractivity contribution in [3.8, 4) is 0 Å². The normalized spacial score (nSPS) is 12.5. The number of amides is 1. The minimum absolute atomic E-state index is 0.0125. The zero-order valence-electron chi connectivity index (χ0n) is 21.2. The highest BCUT2D eigenvalue weighted by Gasteiger charge is 2.33. The van der Waals surface area contributed by atoms with Crippen LogP contribution in [-0.4, -0.2) is 33.4 Å². The molecule has 5 rings (SSSR count). The van der Waals surface area contributed by atoms with Crippen LogP contribution in [0.3, 0.4) is 0 Å². The molecule has 0 spiro atoms. The molecule has 1 atom stereocenters. The minimum atomic E-state index is -0.675. The molecule has 0 bridgehead atoms. The SMILES string of the molecule is CC(C)[C@H](c1nc2c(oc3ccc(F)cc32)c(=O)n1Cc1ccc(Cl)o1)N(CCN)C(=O)c1ccc(Br)cc1. The molecule has 0 saturated heterocycles. The lowest BCUT2D eigenvalue weighted by molar-refractivity contribution is 0.0612. The average Bonchev–Trinajstić information content (AvgIpc) is 3.48. The summed E-state index contributed by atoms with van der Waals surface area (Å²) in [5.74, 6) is -0.239. The van der Waals surface area contributed by atoms with E-state index >= 15 is 0 Å². The van der Waals surface area contributed by atoms with Crippen LogP contribution in [0.1, 0.15) is 41.8 Å². The summed E-state index contributed by atoms with van der Waals surface area (Å²) in [6.07, 6.45) is 0. The highest BCUT2D eigenvalue weighted by molar-refractivity contribution is 9.10. The van der Waals surface area contributed by atoms with Crippen molar-refractivity contribution in [3.05, 3.63) is 97.6 Å². The van der Waals surface area contributed by atoms with E-state index in [2.05, 4.69) is 15.9 Å². The van der Waals surface area contributed by atoms with Crippen LogP contribution in [0.15, 0.2) is 72.7 Å². The predicted molar refractivity (Wildman–Crippen MR) is 150 cm³/mol. The molecule has 11 heteroatoms. The molecule has 0 aliphatic heterocycles. The zero-order chi connectivity index (χ0) is 27.8. The summed E-state index contributed by atoms with van der Waals surface area (Å²) in [7, 11) is 0. The maximum atomic E-state index is 14.2. The number of fused-ring (bicyclic) bond motifs is 3. The van der Waals surface area contributed by atoms with Crippen molar-refractivity contribution < 1.29 is 18.0 Å². The van der Waals surface area contributed by atoms with Gasteiger partial charge in [-0.1, -0.05) is 29.8 Å². The van der Waals surface area contributed by atoms with Crippen LogP contribution in [0.2, 0.25) is 5.22 Å². The second-order valence-electron chi connectivity index (χ2n) is 9.47. The second-order valence-corrected chi connectivity index (χ2v) is 10.8. The smallest absolute Gasteiger partial charge is 0.297 e. The summed E-state index contributed by atoms with van der Waals surface area (Å²) in [6.45, 7) is 4.24. The fourth-order valence-corrected chi connectivity index (χ4v) is 5.17. The first-order chi connectivity index (χ1) is 18.7. The molecular formula is C28H25BrClFN4O4. The van der Waals surface area contributed by atoms with Crippen LogP contribution in [0, 0.1) is 11.7 Å². The van der Waals surface area contributed by atoms with E-state index in [0.29, 0.717) is 28.1 Å². The molecule has 2 aromatic carbocycles. The molecule has 0 fully saturated rings. The summed E-state index contributed by atoms with van der Waals surface area (Å²) in [4.78, 5) is 34.2. The summed E-state index contributed by atoms with van der Waals surface area (Å²) in [6, 6.07) is 13.6. The van der Waals surface area contributed by atoms with Crippen LogP contribution in [0.5, 0.6) is 0 Å². The van der Waals surface area contributed by atoms with E-state index in [-0.39, 0.29) is 47.8 Å². The standard InChI is InChI=1S/C28H25BrClFN4O4/c1-15(2)24(34(12-11-32)27(36)16-3-5-17(29)6-4-16)26-33-23-20-13-18(31)7-9-21(20)39-25(23)28(37)35(26)14-19-8-10-22(30)38-19/h3-10,13,15,24H,11-12,14,32H2,1-2H3/t24-/m1/s1. The number of carbonyl (C=O) groups excluding carboxylic acids is 1. The summed E-state index contributed by atoms with van der Waals surface area (Å²) < 4.78 is 27.8. The number of nitrogens with two attached hydrogens (primary N) is 1. The van der Waals surface area contributed by atoms with Gasteiger partial charge in [0.05, 0.1) is 12.6 Å². The number of hydrogen-bond acceptors (Lipinski definition) is 6. The van der Waals surface area contributed by atoms with Crippen molar-refractivity contribution in [3.63, 3.8) is 0 Å². The lowest BCUT2D eigenvalue weighted by atomic mass is 9.99. The van der Waals surface area contributed by atoms with E-state index in [9.17, 15) is 14.0 Å². The Bertz CT molecular complexity index is 1730. The fraction of sp³-hybridized carbons (Fsp3) is 0.250. The Hall–Kier alpha value is -3.47. The number of rotatable bonds is 8. The van der Waals surface area contributed by atoms with E-state index in [1.54, 1.807) is 41.3 Å². The number of halogens is 3. The monoisotopic (exact) mass is 614 g/mol. The van der Waals surface area contributed by atoms with Crippen LogP contribution in [-0.2, 0) is 6.54 Å². The van der Waals surface area contributed by atoms with Gasteiger partial charge in [-0.2, -0.15) is 0 Å². The van der Waals surface area contributed by atoms with Gasteiger partial charge >= 0.3 is 0 Å². The number of carbonyl (C=O) groups is 1. The highest BCUT2D eigenvalue weighted by Crippen LogP contribution is 2.33. The predicted octanol–water partition coefficient (Wildman–Crippen LogP) is 6.14. The summed E-state index contributed by atoms with van der Waals surface area (Å²) in [5.41, 5.74) is 6.45. The molecule has 202 valence electrons. The van der Waals surface area contributed by atoms with Crippen LogP contribution in [0.4, 0.5) is 4.39 Å². The maximum absolute atomic E-state index is 14.2. The van der Waals surface area contributed by atoms with Gasteiger partial charge < -0.3 is 19.5 Å². The van der Waals surface area contributed by atoms with Gasteiger partial charge in [0.25, 0.3) is 11.5 Å². The number of hydrogen-bond donors (Lipinski definition) is 1. The third-order valence-corrected chi connectivity index (χ3v) is 7.19. The first-order valence-electron chi connectivity index (χ1n) is 12.3. The number of aromatic nitrogens is 2. The van der Waals surface area contributed by atoms with Crippen molar-refractivity contribution in [2.24, 2.45) is 11.7 Å². The Morgan fingerprint density at radius 2 is 1.90 bits per heavy atom. The molecule has 0 aliphatic rings. The third kappa shape index (κ3) is 5.24. The largest absolute Gasteiger partial charge is 0.448 e. The molecular weight excluding hydrogens is 591 g/mol. The van der Waals surface area contributed by atoms with Crippen molar-refractivity contribution in [2.45, 2.75) is 26.4 Å². The molecule has 0 radical (unpaired) electrons. The minimum Gasteiger partial charge on any atom is -0.448 e. The van der Waals surface area contributed by atoms with E-state index in [1.807, 2.05) is 13.8 Å². The molecule has 39 heavy (non-hydrogen) atoms. The fourth-order valence-electron chi connectivity index (χ4n) is 4.75. The van der Waals surface area contributed by atoms with Crippen molar-refractivity contribution in [1.29, 1.82) is 0 Å². The van der Waals surface area contributed by atoms with Crippen LogP contribution < -0.4 is 11.3 Å². The van der Waals surface area contributed by atoms with Crippen LogP contribution >= 0.6 is 27.5 Å². The molecule has 1 amide bonds. The van der Waals surface area contributed by atoms with Gasteiger partial charge in [0.2, 0.25) is 5.58 Å². The quantitative estimate of drug-likeness (QED) is 0.225. The van der Waals surface area contributed by atoms with Gasteiger partial charge in [0, 0.05) is 28.5 Å². The van der Waals surface area contributed by atoms with Crippen molar-refractivity contribution >= 4 is 55.5 Å². The van der Waals surface area contributed by atoms with Gasteiger partial charge in [-0.15, -0.1) is 0 Å². The molecule has 5 aromatic rings. The maximum Gasteiger partial charge on any atom is 0.297 e. The first-order valence-corrected chi connectivity index (χ1v) is 13.5. The lowest BCUT2D eigenvalue weighted by Crippen LogP contribution is -2.43. The van der Waals surface area contributed by atoms with E-state index in [4.69, 9.17) is 31.2 Å². The number of furan rings is 2. The van der Waals surface area contributed by atoms with Gasteiger partial charge in [-0.05, 0) is 72.1 Å². The highest BCUT2D eigenvalue weighted by atomic mass is 79.9. The molecule has 0 unspecified atom stereocenters. The van der Waals surface area contributed by atoms with Crippen LogP contribution in [0.25, 0.3) is 22.1 Å². The molecule has 3 aromatic heterocycles. The second kappa shape index (κ2) is 11.0. The lowest BCUT2D eigenvalue weighted by Gasteiger charge is -2.35. The Morgan fingerprint density at radius 1 is 1.15 bits per heavy atom. The Kier molecular flexibility index (Phi) is 7.61. The Morgan fingerprint density at radius 3 is 2.54 bits per heavy atom. The molecule has 3 heterocycles. The Labute approximate surface area is 236 Å². The third-order valence-electron chi connectivity index (χ3n) is 6.46. The summed E-state index contributed by atoms with van der Waals surface area (Å²) >= 11 is 9.40. The van der Waals surface area contributed by atoms with Gasteiger partial charge in [-0.25, -0.2) is 9.37 Å². The topological polar surface area (TPSA) is 108 Å². The van der Waals surface area contributed by atoms with Gasteiger partial charge in [0.15, 0.2) is 5.22 Å². The van der Waals surface area contributed by atoms with E-state index in [0.717, 1.165) is 4.47 Å². The van der Waals surface area contributed by atoms with Crippen molar-refractivity contribution in [2.75, 3.05) is 13.1 Å². The van der Waals surface area contributed by atoms with Crippen molar-refractivity contribution in [1.82, 2.24) is 14.5 Å². The molecule has 0 saturated carbocycles. The molecule has 8 nitrogen and oxygen atoms in total. The van der Waals surface area contributed by atoms with E-state index in [1.165, 1.54) is 22.8 Å².